The van der Waals surface area contributed by atoms with Crippen LogP contribution in [0.25, 0.3) is 0 Å². The molecular weight excluding hydrogens is 434 g/mol. The molecule has 2 aromatic rings. The number of piperazine rings is 1. The minimum absolute atomic E-state index is 0.0636. The average Bonchev–Trinajstić information content (AvgIpc) is 2.82. The smallest absolute Gasteiger partial charge is 0.251 e. The molecular formula is C22H27N3O6S. The zero-order valence-corrected chi connectivity index (χ0v) is 18.9. The molecule has 3 rings (SSSR count). The van der Waals surface area contributed by atoms with E-state index in [1.165, 1.54) is 35.5 Å². The minimum Gasteiger partial charge on any atom is -0.497 e. The Bertz CT molecular complexity index is 1050. The number of nitrogens with one attached hydrogen (secondary N) is 1. The van der Waals surface area contributed by atoms with E-state index in [1.54, 1.807) is 24.1 Å². The molecule has 2 aromatic carbocycles. The summed E-state index contributed by atoms with van der Waals surface area (Å²) in [6, 6.07) is 13.0. The van der Waals surface area contributed by atoms with Gasteiger partial charge in [-0.3, -0.25) is 9.59 Å². The molecule has 172 valence electrons. The molecule has 1 saturated heterocycles. The third-order valence-corrected chi connectivity index (χ3v) is 7.05. The van der Waals surface area contributed by atoms with Gasteiger partial charge in [-0.05, 0) is 36.4 Å². The Morgan fingerprint density at radius 3 is 2.28 bits per heavy atom. The largest absolute Gasteiger partial charge is 0.497 e. The lowest BCUT2D eigenvalue weighted by Gasteiger charge is -2.33. The van der Waals surface area contributed by atoms with Crippen molar-refractivity contribution in [1.29, 1.82) is 0 Å². The van der Waals surface area contributed by atoms with Crippen molar-refractivity contribution < 1.29 is 27.5 Å². The number of methoxy groups -OCH3 is 1. The van der Waals surface area contributed by atoms with E-state index in [0.29, 0.717) is 30.2 Å². The molecule has 10 heteroatoms. The van der Waals surface area contributed by atoms with Crippen molar-refractivity contribution in [3.63, 3.8) is 0 Å². The van der Waals surface area contributed by atoms with Crippen LogP contribution in [0.1, 0.15) is 17.3 Å². The van der Waals surface area contributed by atoms with Crippen molar-refractivity contribution in [2.75, 3.05) is 46.4 Å². The first kappa shape index (κ1) is 23.6. The fourth-order valence-electron chi connectivity index (χ4n) is 3.30. The van der Waals surface area contributed by atoms with Crippen LogP contribution in [0.5, 0.6) is 11.5 Å². The van der Waals surface area contributed by atoms with E-state index in [-0.39, 0.29) is 43.0 Å². The molecule has 1 heterocycles. The van der Waals surface area contributed by atoms with Crippen LogP contribution in [0.2, 0.25) is 0 Å². The number of nitrogens with zero attached hydrogens (tertiary/aromatic N) is 2. The van der Waals surface area contributed by atoms with E-state index in [0.717, 1.165) is 0 Å². The Labute approximate surface area is 188 Å². The Morgan fingerprint density at radius 1 is 1.00 bits per heavy atom. The van der Waals surface area contributed by atoms with Gasteiger partial charge in [0.1, 0.15) is 18.1 Å². The van der Waals surface area contributed by atoms with Crippen LogP contribution in [0, 0.1) is 0 Å². The lowest BCUT2D eigenvalue weighted by Crippen LogP contribution is -2.49. The first-order chi connectivity index (χ1) is 15.3. The van der Waals surface area contributed by atoms with Crippen LogP contribution in [0.3, 0.4) is 0 Å². The predicted octanol–water partition coefficient (Wildman–Crippen LogP) is 1.36. The molecule has 1 aliphatic heterocycles. The molecule has 0 aliphatic carbocycles. The minimum atomic E-state index is -3.68. The summed E-state index contributed by atoms with van der Waals surface area (Å²) in [5.74, 6) is 0.934. The lowest BCUT2D eigenvalue weighted by molar-refractivity contribution is -0.129. The maximum Gasteiger partial charge on any atom is 0.251 e. The quantitative estimate of drug-likeness (QED) is 0.595. The number of ether oxygens (including phenoxy) is 2. The van der Waals surface area contributed by atoms with Gasteiger partial charge in [-0.15, -0.1) is 0 Å². The number of hydrogen-bond donors (Lipinski definition) is 1. The number of sulfonamides is 1. The third-order valence-electron chi connectivity index (χ3n) is 5.14. The zero-order valence-electron chi connectivity index (χ0n) is 18.1. The van der Waals surface area contributed by atoms with Crippen molar-refractivity contribution >= 4 is 21.8 Å². The predicted molar refractivity (Wildman–Crippen MR) is 118 cm³/mol. The molecule has 0 unspecified atom stereocenters. The normalized spacial score (nSPS) is 14.6. The van der Waals surface area contributed by atoms with Gasteiger partial charge in [0.05, 0.1) is 18.6 Å². The van der Waals surface area contributed by atoms with Crippen LogP contribution >= 0.6 is 0 Å². The van der Waals surface area contributed by atoms with Crippen molar-refractivity contribution in [3.8, 4) is 11.5 Å². The third kappa shape index (κ3) is 5.77. The van der Waals surface area contributed by atoms with E-state index >= 15 is 0 Å². The van der Waals surface area contributed by atoms with Crippen molar-refractivity contribution in [2.24, 2.45) is 0 Å². The van der Waals surface area contributed by atoms with Gasteiger partial charge in [0.15, 0.2) is 0 Å². The Morgan fingerprint density at radius 2 is 1.66 bits per heavy atom. The molecule has 0 spiro atoms. The van der Waals surface area contributed by atoms with Crippen LogP contribution in [0.4, 0.5) is 0 Å². The summed E-state index contributed by atoms with van der Waals surface area (Å²) >= 11 is 0. The summed E-state index contributed by atoms with van der Waals surface area (Å²) in [6.07, 6.45) is 0. The number of amides is 2. The fourth-order valence-corrected chi connectivity index (χ4v) is 4.72. The number of rotatable bonds is 8. The monoisotopic (exact) mass is 461 g/mol. The number of hydrogen-bond acceptors (Lipinski definition) is 6. The Kier molecular flexibility index (Phi) is 7.70. The van der Waals surface area contributed by atoms with Gasteiger partial charge in [0, 0.05) is 44.7 Å². The van der Waals surface area contributed by atoms with E-state index in [4.69, 9.17) is 9.47 Å². The van der Waals surface area contributed by atoms with Crippen LogP contribution < -0.4 is 14.8 Å². The zero-order chi connectivity index (χ0) is 23.1. The SMILES string of the molecule is COc1cccc(OCCNC(=O)c2ccc(S(=O)(=O)N3CCN(C(C)=O)CC3)cc2)c1. The van der Waals surface area contributed by atoms with Gasteiger partial charge in [-0.25, -0.2) is 8.42 Å². The number of benzene rings is 2. The lowest BCUT2D eigenvalue weighted by atomic mass is 10.2. The maximum atomic E-state index is 12.8. The number of carbonyl (C=O) groups excluding carboxylic acids is 2. The molecule has 0 bridgehead atoms. The van der Waals surface area contributed by atoms with E-state index < -0.39 is 10.0 Å². The standard InChI is InChI=1S/C22H27N3O6S/c1-17(26)24-11-13-25(14-12-24)32(28,29)21-8-6-18(7-9-21)22(27)23-10-15-31-20-5-3-4-19(16-20)30-2/h3-9,16H,10-15H2,1-2H3,(H,23,27). The number of carbonyl (C=O) groups is 2. The van der Waals surface area contributed by atoms with Crippen molar-refractivity contribution in [3.05, 3.63) is 54.1 Å². The highest BCUT2D eigenvalue weighted by Crippen LogP contribution is 2.19. The maximum absolute atomic E-state index is 12.8. The molecule has 32 heavy (non-hydrogen) atoms. The van der Waals surface area contributed by atoms with Crippen LogP contribution in [-0.4, -0.2) is 75.9 Å². The molecule has 0 radical (unpaired) electrons. The summed E-state index contributed by atoms with van der Waals surface area (Å²) in [4.78, 5) is 25.5. The fraction of sp³-hybridized carbons (Fsp3) is 0.364. The molecule has 0 aromatic heterocycles. The van der Waals surface area contributed by atoms with Gasteiger partial charge in [0.2, 0.25) is 15.9 Å². The first-order valence-electron chi connectivity index (χ1n) is 10.2. The Balaban J connectivity index is 1.51. The second kappa shape index (κ2) is 10.5. The average molecular weight is 462 g/mol. The van der Waals surface area contributed by atoms with E-state index in [1.807, 2.05) is 12.1 Å². The van der Waals surface area contributed by atoms with Crippen LogP contribution in [0.15, 0.2) is 53.4 Å². The molecule has 0 saturated carbocycles. The highest BCUT2D eigenvalue weighted by molar-refractivity contribution is 7.89. The molecule has 2 amide bonds. The molecule has 1 N–H and O–H groups in total. The molecule has 1 aliphatic rings. The second-order valence-electron chi connectivity index (χ2n) is 7.22. The summed E-state index contributed by atoms with van der Waals surface area (Å²) in [6.45, 7) is 3.27. The van der Waals surface area contributed by atoms with Gasteiger partial charge < -0.3 is 19.7 Å². The highest BCUT2D eigenvalue weighted by atomic mass is 32.2. The molecule has 9 nitrogen and oxygen atoms in total. The summed E-state index contributed by atoms with van der Waals surface area (Å²) < 4.78 is 37.7. The highest BCUT2D eigenvalue weighted by Gasteiger charge is 2.29. The molecule has 1 fully saturated rings. The van der Waals surface area contributed by atoms with Crippen molar-refractivity contribution in [1.82, 2.24) is 14.5 Å². The van der Waals surface area contributed by atoms with Gasteiger partial charge in [-0.2, -0.15) is 4.31 Å². The van der Waals surface area contributed by atoms with Gasteiger partial charge >= 0.3 is 0 Å². The Hall–Kier alpha value is -3.11. The second-order valence-corrected chi connectivity index (χ2v) is 9.16. The van der Waals surface area contributed by atoms with Gasteiger partial charge in [-0.1, -0.05) is 6.07 Å². The van der Waals surface area contributed by atoms with Crippen LogP contribution in [-0.2, 0) is 14.8 Å². The molecule has 0 atom stereocenters. The summed E-state index contributed by atoms with van der Waals surface area (Å²) in [7, 11) is -2.10. The first-order valence-corrected chi connectivity index (χ1v) is 11.7. The topological polar surface area (TPSA) is 105 Å². The van der Waals surface area contributed by atoms with Gasteiger partial charge in [0.25, 0.3) is 5.91 Å². The van der Waals surface area contributed by atoms with Crippen molar-refractivity contribution in [2.45, 2.75) is 11.8 Å². The summed E-state index contributed by atoms with van der Waals surface area (Å²) in [5, 5.41) is 2.74. The van der Waals surface area contributed by atoms with E-state index in [2.05, 4.69) is 5.32 Å². The van der Waals surface area contributed by atoms with E-state index in [9.17, 15) is 18.0 Å². The summed E-state index contributed by atoms with van der Waals surface area (Å²) in [5.41, 5.74) is 0.353.